The summed E-state index contributed by atoms with van der Waals surface area (Å²) >= 11 is 4.74. The minimum Gasteiger partial charge on any atom is -0.344 e. The van der Waals surface area contributed by atoms with E-state index in [1.807, 2.05) is 33.8 Å². The number of carbonyl (C=O) groups excluding carboxylic acids is 2. The van der Waals surface area contributed by atoms with Gasteiger partial charge in [-0.1, -0.05) is 20.8 Å². The van der Waals surface area contributed by atoms with Crippen LogP contribution >= 0.6 is 27.3 Å². The lowest BCUT2D eigenvalue weighted by atomic mass is 9.91. The smallest absolute Gasteiger partial charge is 0.261 e. The Balaban J connectivity index is 2.60. The van der Waals surface area contributed by atoms with Crippen molar-refractivity contribution in [3.8, 4) is 0 Å². The third-order valence-corrected chi connectivity index (χ3v) is 4.46. The maximum absolute atomic E-state index is 11.8. The zero-order chi connectivity index (χ0) is 13.2. The average Bonchev–Trinajstić information content (AvgIpc) is 2.54. The zero-order valence-electron chi connectivity index (χ0n) is 10.4. The average molecular weight is 318 g/mol. The van der Waals surface area contributed by atoms with E-state index in [2.05, 4.69) is 21.2 Å². The summed E-state index contributed by atoms with van der Waals surface area (Å²) in [7, 11) is 0. The van der Waals surface area contributed by atoms with Crippen molar-refractivity contribution < 1.29 is 9.59 Å². The van der Waals surface area contributed by atoms with Crippen LogP contribution in [0.25, 0.3) is 0 Å². The highest BCUT2D eigenvalue weighted by atomic mass is 79.9. The molecule has 17 heavy (non-hydrogen) atoms. The quantitative estimate of drug-likeness (QED) is 0.930. The van der Waals surface area contributed by atoms with Crippen molar-refractivity contribution in [3.05, 3.63) is 20.3 Å². The van der Waals surface area contributed by atoms with E-state index >= 15 is 0 Å². The van der Waals surface area contributed by atoms with Crippen molar-refractivity contribution in [3.63, 3.8) is 0 Å². The van der Waals surface area contributed by atoms with Crippen molar-refractivity contribution in [2.45, 2.75) is 27.7 Å². The van der Waals surface area contributed by atoms with E-state index in [0.29, 0.717) is 4.88 Å². The van der Waals surface area contributed by atoms with E-state index in [1.54, 1.807) is 0 Å². The molecule has 3 nitrogen and oxygen atoms in total. The maximum Gasteiger partial charge on any atom is 0.261 e. The van der Waals surface area contributed by atoms with E-state index in [9.17, 15) is 9.59 Å². The molecular weight excluding hydrogens is 302 g/mol. The van der Waals surface area contributed by atoms with E-state index in [4.69, 9.17) is 0 Å². The molecule has 0 aliphatic carbocycles. The molecule has 0 spiro atoms. The van der Waals surface area contributed by atoms with E-state index < -0.39 is 5.41 Å². The highest BCUT2D eigenvalue weighted by Gasteiger charge is 2.22. The fourth-order valence-electron chi connectivity index (χ4n) is 1.08. The molecule has 0 atom stereocenters. The molecule has 0 aromatic carbocycles. The topological polar surface area (TPSA) is 46.2 Å². The molecule has 0 aliphatic heterocycles. The Kier molecular flexibility index (Phi) is 4.49. The van der Waals surface area contributed by atoms with Gasteiger partial charge in [0.25, 0.3) is 5.91 Å². The molecule has 1 heterocycles. The maximum atomic E-state index is 11.8. The summed E-state index contributed by atoms with van der Waals surface area (Å²) in [5.74, 6) is -0.167. The minimum absolute atomic E-state index is 0.0261. The van der Waals surface area contributed by atoms with Crippen LogP contribution in [-0.4, -0.2) is 18.2 Å². The number of nitrogens with one attached hydrogen (secondary N) is 1. The Morgan fingerprint density at radius 3 is 2.41 bits per heavy atom. The molecule has 1 amide bonds. The molecule has 94 valence electrons. The Morgan fingerprint density at radius 2 is 2.00 bits per heavy atom. The number of ketones is 1. The molecule has 1 aromatic heterocycles. The predicted octanol–water partition coefficient (Wildman–Crippen LogP) is 3.16. The number of rotatable bonds is 3. The van der Waals surface area contributed by atoms with Crippen LogP contribution in [0.1, 0.15) is 36.0 Å². The Morgan fingerprint density at radius 1 is 1.41 bits per heavy atom. The van der Waals surface area contributed by atoms with Gasteiger partial charge in [-0.25, -0.2) is 0 Å². The Hall–Kier alpha value is -0.680. The first-order valence-electron chi connectivity index (χ1n) is 5.29. The first-order valence-corrected chi connectivity index (χ1v) is 6.90. The van der Waals surface area contributed by atoms with Crippen molar-refractivity contribution in [2.24, 2.45) is 5.41 Å². The molecule has 0 unspecified atom stereocenters. The van der Waals surface area contributed by atoms with Gasteiger partial charge < -0.3 is 5.32 Å². The molecule has 1 aromatic rings. The number of Topliss-reactive ketones (excluding diaryl/α,β-unsaturated/α-hetero) is 1. The number of hydrogen-bond donors (Lipinski definition) is 1. The van der Waals surface area contributed by atoms with Crippen LogP contribution in [0.15, 0.2) is 9.85 Å². The standard InChI is InChI=1S/C12H16BrNO2S/c1-7-5-8(17-10(7)13)11(16)14-6-9(15)12(2,3)4/h5H,6H2,1-4H3,(H,14,16). The van der Waals surface area contributed by atoms with Crippen LogP contribution in [-0.2, 0) is 4.79 Å². The minimum atomic E-state index is -0.417. The normalized spacial score (nSPS) is 11.4. The number of carbonyl (C=O) groups is 2. The molecule has 0 aliphatic rings. The van der Waals surface area contributed by atoms with Crippen LogP contribution in [0.2, 0.25) is 0 Å². The molecular formula is C12H16BrNO2S. The van der Waals surface area contributed by atoms with E-state index in [-0.39, 0.29) is 18.2 Å². The van der Waals surface area contributed by atoms with E-state index in [1.165, 1.54) is 11.3 Å². The van der Waals surface area contributed by atoms with Crippen LogP contribution in [0.3, 0.4) is 0 Å². The molecule has 0 radical (unpaired) electrons. The summed E-state index contributed by atoms with van der Waals surface area (Å²) < 4.78 is 0.949. The van der Waals surface area contributed by atoms with Gasteiger partial charge in [-0.3, -0.25) is 9.59 Å². The second-order valence-electron chi connectivity index (χ2n) is 4.92. The van der Waals surface area contributed by atoms with E-state index in [0.717, 1.165) is 9.35 Å². The monoisotopic (exact) mass is 317 g/mol. The molecule has 5 heteroatoms. The number of thiophene rings is 1. The number of halogens is 1. The lowest BCUT2D eigenvalue weighted by Crippen LogP contribution is -2.35. The van der Waals surface area contributed by atoms with Crippen LogP contribution in [0.4, 0.5) is 0 Å². The fourth-order valence-corrected chi connectivity index (χ4v) is 2.54. The molecule has 0 fully saturated rings. The van der Waals surface area contributed by atoms with Gasteiger partial charge in [0.1, 0.15) is 0 Å². The van der Waals surface area contributed by atoms with Crippen molar-refractivity contribution in [1.29, 1.82) is 0 Å². The van der Waals surface area contributed by atoms with Gasteiger partial charge in [-0.05, 0) is 34.5 Å². The Bertz CT molecular complexity index is 426. The SMILES string of the molecule is Cc1cc(C(=O)NCC(=O)C(C)(C)C)sc1Br. The second-order valence-corrected chi connectivity index (χ2v) is 7.29. The van der Waals surface area contributed by atoms with Gasteiger partial charge in [-0.15, -0.1) is 11.3 Å². The molecule has 0 bridgehead atoms. The second kappa shape index (κ2) is 5.31. The third kappa shape index (κ3) is 3.92. The third-order valence-electron chi connectivity index (χ3n) is 2.33. The molecule has 0 saturated heterocycles. The van der Waals surface area contributed by atoms with Crippen LogP contribution in [0.5, 0.6) is 0 Å². The van der Waals surface area contributed by atoms with Crippen LogP contribution < -0.4 is 5.32 Å². The van der Waals surface area contributed by atoms with Gasteiger partial charge in [0.2, 0.25) is 0 Å². The predicted molar refractivity (Wildman–Crippen MR) is 73.6 cm³/mol. The van der Waals surface area contributed by atoms with Crippen molar-refractivity contribution in [1.82, 2.24) is 5.32 Å². The fraction of sp³-hybridized carbons (Fsp3) is 0.500. The summed E-state index contributed by atoms with van der Waals surface area (Å²) in [6, 6.07) is 1.81. The first kappa shape index (κ1) is 14.4. The lowest BCUT2D eigenvalue weighted by Gasteiger charge is -2.16. The highest BCUT2D eigenvalue weighted by Crippen LogP contribution is 2.27. The van der Waals surface area contributed by atoms with Gasteiger partial charge in [0.15, 0.2) is 5.78 Å². The van der Waals surface area contributed by atoms with Gasteiger partial charge in [0, 0.05) is 5.41 Å². The largest absolute Gasteiger partial charge is 0.344 e. The summed E-state index contributed by atoms with van der Waals surface area (Å²) in [5, 5.41) is 2.65. The highest BCUT2D eigenvalue weighted by molar-refractivity contribution is 9.11. The van der Waals surface area contributed by atoms with Gasteiger partial charge >= 0.3 is 0 Å². The van der Waals surface area contributed by atoms with Gasteiger partial charge in [0.05, 0.1) is 15.2 Å². The summed E-state index contributed by atoms with van der Waals surface area (Å²) in [4.78, 5) is 24.0. The first-order chi connectivity index (χ1) is 7.71. The molecule has 1 rings (SSSR count). The van der Waals surface area contributed by atoms with Crippen molar-refractivity contribution in [2.75, 3.05) is 6.54 Å². The summed E-state index contributed by atoms with van der Waals surface area (Å²) in [5.41, 5.74) is 0.612. The summed E-state index contributed by atoms with van der Waals surface area (Å²) in [6.45, 7) is 7.53. The molecule has 0 saturated carbocycles. The van der Waals surface area contributed by atoms with Crippen LogP contribution in [0, 0.1) is 12.3 Å². The Labute approximate surface area is 114 Å². The number of amides is 1. The lowest BCUT2D eigenvalue weighted by molar-refractivity contribution is -0.125. The summed E-state index contributed by atoms with van der Waals surface area (Å²) in [6.07, 6.45) is 0. The van der Waals surface area contributed by atoms with Gasteiger partial charge in [-0.2, -0.15) is 0 Å². The number of aryl methyl sites for hydroxylation is 1. The van der Waals surface area contributed by atoms with Crippen molar-refractivity contribution >= 4 is 39.0 Å². The molecule has 1 N–H and O–H groups in total. The zero-order valence-corrected chi connectivity index (χ0v) is 12.8. The number of hydrogen-bond acceptors (Lipinski definition) is 3.